The molecule has 1 rings (SSSR count). The highest BCUT2D eigenvalue weighted by molar-refractivity contribution is 5.85. The Labute approximate surface area is 100 Å². The molecule has 1 heterocycles. The highest BCUT2D eigenvalue weighted by Crippen LogP contribution is 2.12. The van der Waals surface area contributed by atoms with Gasteiger partial charge < -0.3 is 11.1 Å². The molecule has 92 valence electrons. The van der Waals surface area contributed by atoms with Crippen molar-refractivity contribution >= 4 is 18.2 Å². The predicted molar refractivity (Wildman–Crippen MR) is 70.4 cm³/mol. The topological polar surface area (TPSA) is 50.6 Å². The van der Waals surface area contributed by atoms with E-state index >= 15 is 0 Å². The van der Waals surface area contributed by atoms with Crippen molar-refractivity contribution in [3.05, 3.63) is 0 Å². The molecule has 0 bridgehead atoms. The molecule has 0 aliphatic carbocycles. The molecule has 4 heteroatoms. The summed E-state index contributed by atoms with van der Waals surface area (Å²) in [4.78, 5) is 7.00. The first-order valence-electron chi connectivity index (χ1n) is 5.38. The van der Waals surface area contributed by atoms with Gasteiger partial charge in [-0.05, 0) is 11.8 Å². The highest BCUT2D eigenvalue weighted by atomic mass is 35.5. The summed E-state index contributed by atoms with van der Waals surface area (Å²) in [6, 6.07) is 0. The molecule has 0 fully saturated rings. The van der Waals surface area contributed by atoms with Crippen molar-refractivity contribution in [1.82, 2.24) is 11.1 Å². The summed E-state index contributed by atoms with van der Waals surface area (Å²) in [6.45, 7) is 12.4. The van der Waals surface area contributed by atoms with E-state index in [4.69, 9.17) is 0 Å². The summed E-state index contributed by atoms with van der Waals surface area (Å²) < 4.78 is 0. The van der Waals surface area contributed by atoms with Gasteiger partial charge in [-0.25, -0.2) is 0 Å². The first-order chi connectivity index (χ1) is 6.09. The fourth-order valence-corrected chi connectivity index (χ4v) is 1.73. The van der Waals surface area contributed by atoms with Gasteiger partial charge in [-0.15, -0.1) is 12.4 Å². The number of hydrogen-bond acceptors (Lipinski definition) is 3. The molecule has 0 aromatic carbocycles. The van der Waals surface area contributed by atoms with Gasteiger partial charge in [0.2, 0.25) is 0 Å². The Morgan fingerprint density at radius 1 is 1.20 bits per heavy atom. The Morgan fingerprint density at radius 3 is 2.27 bits per heavy atom. The van der Waals surface area contributed by atoms with Crippen molar-refractivity contribution in [2.75, 3.05) is 19.6 Å². The molecular formula is C11H26ClN3. The lowest BCUT2D eigenvalue weighted by molar-refractivity contribution is 0.383. The third kappa shape index (κ3) is 6.00. The minimum absolute atomic E-state index is 0. The summed E-state index contributed by atoms with van der Waals surface area (Å²) in [5.74, 6) is 2.81. The van der Waals surface area contributed by atoms with Crippen LogP contribution in [0.3, 0.4) is 0 Å². The number of halogens is 1. The maximum absolute atomic E-state index is 4.55. The molecule has 0 aromatic heterocycles. The molecule has 15 heavy (non-hydrogen) atoms. The van der Waals surface area contributed by atoms with Crippen LogP contribution in [0.1, 0.15) is 34.1 Å². The Morgan fingerprint density at radius 2 is 1.80 bits per heavy atom. The summed E-state index contributed by atoms with van der Waals surface area (Å²) in [5, 5.41) is 0. The van der Waals surface area contributed by atoms with Crippen molar-refractivity contribution in [2.24, 2.45) is 16.8 Å². The van der Waals surface area contributed by atoms with Gasteiger partial charge in [0, 0.05) is 19.5 Å². The Bertz CT molecular complexity index is 190. The van der Waals surface area contributed by atoms with E-state index < -0.39 is 0 Å². The molecule has 3 nitrogen and oxygen atoms in total. The van der Waals surface area contributed by atoms with Crippen LogP contribution >= 0.6 is 12.4 Å². The SMILES string of the molecule is CC(C)CC1=NCCN1CC(C)C.Cl.N. The van der Waals surface area contributed by atoms with E-state index in [1.165, 1.54) is 12.4 Å². The summed E-state index contributed by atoms with van der Waals surface area (Å²) in [5.41, 5.74) is 0. The molecular weight excluding hydrogens is 210 g/mol. The Balaban J connectivity index is 0. The van der Waals surface area contributed by atoms with Crippen LogP contribution in [0.25, 0.3) is 0 Å². The second-order valence-corrected chi connectivity index (χ2v) is 4.74. The van der Waals surface area contributed by atoms with Gasteiger partial charge in [0.15, 0.2) is 0 Å². The van der Waals surface area contributed by atoms with Gasteiger partial charge in [0.1, 0.15) is 0 Å². The van der Waals surface area contributed by atoms with E-state index in [-0.39, 0.29) is 18.6 Å². The van der Waals surface area contributed by atoms with Gasteiger partial charge in [-0.1, -0.05) is 27.7 Å². The minimum Gasteiger partial charge on any atom is -0.358 e. The number of hydrogen-bond donors (Lipinski definition) is 1. The average molecular weight is 236 g/mol. The fraction of sp³-hybridized carbons (Fsp3) is 0.909. The van der Waals surface area contributed by atoms with Crippen LogP contribution in [-0.4, -0.2) is 30.4 Å². The third-order valence-electron chi connectivity index (χ3n) is 2.21. The normalized spacial score (nSPS) is 15.1. The van der Waals surface area contributed by atoms with Crippen molar-refractivity contribution in [3.8, 4) is 0 Å². The van der Waals surface area contributed by atoms with E-state index in [1.54, 1.807) is 0 Å². The second kappa shape index (κ2) is 7.94. The highest BCUT2D eigenvalue weighted by Gasteiger charge is 2.17. The van der Waals surface area contributed by atoms with Gasteiger partial charge in [0.25, 0.3) is 0 Å². The molecule has 0 radical (unpaired) electrons. The molecule has 1 aliphatic rings. The minimum atomic E-state index is 0. The van der Waals surface area contributed by atoms with Gasteiger partial charge in [-0.2, -0.15) is 0 Å². The lowest BCUT2D eigenvalue weighted by atomic mass is 10.1. The number of nitrogens with zero attached hydrogens (tertiary/aromatic N) is 2. The zero-order valence-electron chi connectivity index (χ0n) is 10.5. The van der Waals surface area contributed by atoms with Crippen LogP contribution in [0.2, 0.25) is 0 Å². The Kier molecular flexibility index (Phi) is 9.07. The molecule has 0 saturated carbocycles. The molecule has 0 spiro atoms. The van der Waals surface area contributed by atoms with Crippen LogP contribution in [0.4, 0.5) is 0 Å². The molecule has 0 amide bonds. The smallest absolute Gasteiger partial charge is 0.0993 e. The van der Waals surface area contributed by atoms with Crippen LogP contribution in [0, 0.1) is 11.8 Å². The largest absolute Gasteiger partial charge is 0.358 e. The van der Waals surface area contributed by atoms with Crippen molar-refractivity contribution in [1.29, 1.82) is 0 Å². The first kappa shape index (κ1) is 17.1. The van der Waals surface area contributed by atoms with Crippen LogP contribution in [0.5, 0.6) is 0 Å². The lowest BCUT2D eigenvalue weighted by Gasteiger charge is -2.23. The average Bonchev–Trinajstić information content (AvgIpc) is 2.34. The van der Waals surface area contributed by atoms with Crippen molar-refractivity contribution in [3.63, 3.8) is 0 Å². The fourth-order valence-electron chi connectivity index (χ4n) is 1.73. The predicted octanol–water partition coefficient (Wildman–Crippen LogP) is 2.99. The summed E-state index contributed by atoms with van der Waals surface area (Å²) in [6.07, 6.45) is 1.15. The van der Waals surface area contributed by atoms with Crippen molar-refractivity contribution in [2.45, 2.75) is 34.1 Å². The number of amidine groups is 1. The molecule has 1 aliphatic heterocycles. The molecule has 3 N–H and O–H groups in total. The second-order valence-electron chi connectivity index (χ2n) is 4.74. The van der Waals surface area contributed by atoms with Gasteiger partial charge in [-0.3, -0.25) is 4.99 Å². The standard InChI is InChI=1S/C11H22N2.ClH.H3N/c1-9(2)7-11-12-5-6-13(11)8-10(3)4;;/h9-10H,5-8H2,1-4H3;1H;1H3. The van der Waals surface area contributed by atoms with Gasteiger partial charge in [0.05, 0.1) is 12.4 Å². The van der Waals surface area contributed by atoms with E-state index in [1.807, 2.05) is 0 Å². The van der Waals surface area contributed by atoms with Crippen LogP contribution < -0.4 is 6.15 Å². The van der Waals surface area contributed by atoms with E-state index in [2.05, 4.69) is 37.6 Å². The molecule has 0 saturated heterocycles. The molecule has 0 aromatic rings. The van der Waals surface area contributed by atoms with E-state index in [9.17, 15) is 0 Å². The summed E-state index contributed by atoms with van der Waals surface area (Å²) >= 11 is 0. The third-order valence-corrected chi connectivity index (χ3v) is 2.21. The number of aliphatic imine (C=N–C) groups is 1. The zero-order chi connectivity index (χ0) is 9.84. The van der Waals surface area contributed by atoms with E-state index in [0.717, 1.165) is 31.3 Å². The van der Waals surface area contributed by atoms with Crippen LogP contribution in [0.15, 0.2) is 4.99 Å². The maximum atomic E-state index is 4.55. The quantitative estimate of drug-likeness (QED) is 0.815. The summed E-state index contributed by atoms with van der Waals surface area (Å²) in [7, 11) is 0. The van der Waals surface area contributed by atoms with E-state index in [0.29, 0.717) is 0 Å². The van der Waals surface area contributed by atoms with Crippen molar-refractivity contribution < 1.29 is 0 Å². The molecule has 0 atom stereocenters. The monoisotopic (exact) mass is 235 g/mol. The Hall–Kier alpha value is -0.280. The first-order valence-corrected chi connectivity index (χ1v) is 5.38. The van der Waals surface area contributed by atoms with Gasteiger partial charge >= 0.3 is 0 Å². The van der Waals surface area contributed by atoms with Crippen LogP contribution in [-0.2, 0) is 0 Å². The number of rotatable bonds is 4. The zero-order valence-corrected chi connectivity index (χ0v) is 11.3. The molecule has 0 unspecified atom stereocenters. The maximum Gasteiger partial charge on any atom is 0.0993 e. The lowest BCUT2D eigenvalue weighted by Crippen LogP contribution is -2.32.